The van der Waals surface area contributed by atoms with Crippen LogP contribution < -0.4 is 123 Å². The number of halogens is 3. The number of hydrogen-bond donors (Lipinski definition) is 0. The van der Waals surface area contributed by atoms with Crippen LogP contribution in [0.3, 0.4) is 0 Å². The average Bonchev–Trinajstić information content (AvgIpc) is 0. The first-order valence-corrected chi connectivity index (χ1v) is 0. The van der Waals surface area contributed by atoms with Crippen molar-refractivity contribution in [2.75, 3.05) is 0 Å². The Kier molecular flexibility index (Phi) is 143. The van der Waals surface area contributed by atoms with Crippen LogP contribution >= 0.6 is 0 Å². The van der Waals surface area contributed by atoms with E-state index in [9.17, 15) is 0 Å². The summed E-state index contributed by atoms with van der Waals surface area (Å²) < 4.78 is 0. The van der Waals surface area contributed by atoms with Gasteiger partial charge in [-0.05, 0) is 0 Å². The van der Waals surface area contributed by atoms with Gasteiger partial charge in [0.15, 0.2) is 0 Å². The van der Waals surface area contributed by atoms with Gasteiger partial charge < -0.3 is 71.9 Å². The van der Waals surface area contributed by atoms with Crippen LogP contribution in [0, 0.1) is 0 Å². The van der Waals surface area contributed by atoms with Crippen LogP contribution in [0.4, 0.5) is 0 Å². The first kappa shape index (κ1) is 31.5. The zero-order chi connectivity index (χ0) is 0. The molecule has 0 aromatic carbocycles. The molecule has 0 aliphatic heterocycles. The minimum absolute atomic E-state index is 0. The van der Waals surface area contributed by atoms with E-state index in [1.165, 1.54) is 0 Å². The summed E-state index contributed by atoms with van der Waals surface area (Å²) in [7, 11) is 0. The molecule has 0 amide bonds. The van der Waals surface area contributed by atoms with Gasteiger partial charge in [0, 0.05) is 0 Å². The molecule has 24 valence electrons. The second-order valence-corrected chi connectivity index (χ2v) is 0. The molecule has 5 heavy (non-hydrogen) atoms. The normalized spacial score (nSPS) is 0. The molecule has 0 bridgehead atoms. The third-order valence-electron chi connectivity index (χ3n) is 0. The monoisotopic (exact) mass is 558 g/mol. The van der Waals surface area contributed by atoms with Crippen LogP contribution in [0.15, 0.2) is 0 Å². The molecule has 0 atom stereocenters. The summed E-state index contributed by atoms with van der Waals surface area (Å²) in [6.07, 6.45) is 0. The summed E-state index contributed by atoms with van der Waals surface area (Å²) in [5, 5.41) is 0. The molecule has 0 spiro atoms. The number of rotatable bonds is 0. The third-order valence-corrected chi connectivity index (χ3v) is 0. The first-order valence-electron chi connectivity index (χ1n) is 0. The van der Waals surface area contributed by atoms with E-state index < -0.39 is 0 Å². The van der Waals surface area contributed by atoms with Gasteiger partial charge in [0.05, 0.1) is 0 Å². The minimum Gasteiger partial charge on any atom is -1.00 e. The smallest absolute Gasteiger partial charge is 1.00 e. The second kappa shape index (κ2) is 22.7. The van der Waals surface area contributed by atoms with Crippen LogP contribution in [0.25, 0.3) is 0 Å². The molecular formula is BaI3K. The zero-order valence-corrected chi connectivity index (χ0v) is 16.9. The summed E-state index contributed by atoms with van der Waals surface area (Å²) in [5.74, 6) is 0. The first-order chi connectivity index (χ1) is 0. The summed E-state index contributed by atoms with van der Waals surface area (Å²) in [6.45, 7) is 0. The topological polar surface area (TPSA) is 0 Å². The zero-order valence-electron chi connectivity index (χ0n) is 2.84. The Morgan fingerprint density at radius 3 is 0.600 bits per heavy atom. The van der Waals surface area contributed by atoms with Gasteiger partial charge in [-0.25, -0.2) is 0 Å². The van der Waals surface area contributed by atoms with Crippen molar-refractivity contribution in [3.8, 4) is 0 Å². The largest absolute Gasteiger partial charge is 2.00 e. The van der Waals surface area contributed by atoms with Gasteiger partial charge in [0.25, 0.3) is 0 Å². The maximum Gasteiger partial charge on any atom is 2.00 e. The van der Waals surface area contributed by atoms with Crippen molar-refractivity contribution in [2.45, 2.75) is 0 Å². The Labute approximate surface area is 166 Å². The Balaban J connectivity index is 0. The van der Waals surface area contributed by atoms with E-state index in [1.807, 2.05) is 0 Å². The maximum atomic E-state index is 0. The van der Waals surface area contributed by atoms with Gasteiger partial charge in [-0.15, -0.1) is 0 Å². The molecule has 0 fully saturated rings. The van der Waals surface area contributed by atoms with Crippen molar-refractivity contribution < 1.29 is 123 Å². The van der Waals surface area contributed by atoms with E-state index in [0.717, 1.165) is 0 Å². The van der Waals surface area contributed by atoms with E-state index >= 15 is 0 Å². The summed E-state index contributed by atoms with van der Waals surface area (Å²) >= 11 is 0. The Morgan fingerprint density at radius 1 is 0.600 bits per heavy atom. The fraction of sp³-hybridized carbons (Fsp3) is 0. The van der Waals surface area contributed by atoms with Crippen LogP contribution in [-0.4, -0.2) is 48.9 Å². The predicted octanol–water partition coefficient (Wildman–Crippen LogP) is -12.4. The van der Waals surface area contributed by atoms with Gasteiger partial charge in [-0.3, -0.25) is 0 Å². The molecule has 5 heteroatoms. The Morgan fingerprint density at radius 2 is 0.600 bits per heavy atom. The molecule has 0 heterocycles. The Hall–Kier alpha value is 5.40. The van der Waals surface area contributed by atoms with Crippen molar-refractivity contribution >= 4 is 48.9 Å². The molecule has 0 aliphatic carbocycles. The van der Waals surface area contributed by atoms with E-state index in [0.29, 0.717) is 0 Å². The number of hydrogen-bond acceptors (Lipinski definition) is 0. The van der Waals surface area contributed by atoms with Crippen molar-refractivity contribution in [3.05, 3.63) is 0 Å². The van der Waals surface area contributed by atoms with E-state index in [2.05, 4.69) is 0 Å². The Bertz CT molecular complexity index is 6.85. The van der Waals surface area contributed by atoms with E-state index in [1.54, 1.807) is 0 Å². The molecule has 0 aliphatic rings. The second-order valence-electron chi connectivity index (χ2n) is 0. The summed E-state index contributed by atoms with van der Waals surface area (Å²) in [6, 6.07) is 0. The molecule has 0 radical (unpaired) electrons. The van der Waals surface area contributed by atoms with Crippen LogP contribution in [0.1, 0.15) is 0 Å². The van der Waals surface area contributed by atoms with Gasteiger partial charge in [-0.2, -0.15) is 0 Å². The van der Waals surface area contributed by atoms with Crippen LogP contribution in [-0.2, 0) is 0 Å². The van der Waals surface area contributed by atoms with Crippen molar-refractivity contribution in [1.29, 1.82) is 0 Å². The molecule has 0 nitrogen and oxygen atoms in total. The molecular weight excluding hydrogens is 557 g/mol. The molecule has 0 saturated carbocycles. The van der Waals surface area contributed by atoms with Crippen LogP contribution in [0.2, 0.25) is 0 Å². The predicted molar refractivity (Wildman–Crippen MR) is 5.75 cm³/mol. The van der Waals surface area contributed by atoms with E-state index in [4.69, 9.17) is 0 Å². The molecule has 0 aromatic heterocycles. The molecule has 0 aromatic rings. The quantitative estimate of drug-likeness (QED) is 0.205. The molecule has 0 N–H and O–H groups in total. The van der Waals surface area contributed by atoms with Gasteiger partial charge >= 0.3 is 100 Å². The third kappa shape index (κ3) is 17.7. The standard InChI is InChI=1S/Ba.3HI.K/h;3*1H;/q+2;;;;+1/p-3. The fourth-order valence-corrected chi connectivity index (χ4v) is 0. The van der Waals surface area contributed by atoms with Gasteiger partial charge in [0.1, 0.15) is 0 Å². The minimum atomic E-state index is 0. The van der Waals surface area contributed by atoms with E-state index in [-0.39, 0.29) is 172 Å². The summed E-state index contributed by atoms with van der Waals surface area (Å²) in [5.41, 5.74) is 0. The van der Waals surface area contributed by atoms with Gasteiger partial charge in [0.2, 0.25) is 0 Å². The van der Waals surface area contributed by atoms with Crippen LogP contribution in [0.5, 0.6) is 0 Å². The molecule has 0 unspecified atom stereocenters. The SMILES string of the molecule is [Ba+2].[I-].[I-].[I-].[K+]. The van der Waals surface area contributed by atoms with Gasteiger partial charge in [-0.1, -0.05) is 0 Å². The van der Waals surface area contributed by atoms with Crippen molar-refractivity contribution in [3.63, 3.8) is 0 Å². The van der Waals surface area contributed by atoms with Crippen molar-refractivity contribution in [2.24, 2.45) is 0 Å². The molecule has 0 saturated heterocycles. The fourth-order valence-electron chi connectivity index (χ4n) is 0. The maximum absolute atomic E-state index is 0. The molecule has 0 rings (SSSR count). The summed E-state index contributed by atoms with van der Waals surface area (Å²) in [4.78, 5) is 0. The average molecular weight is 557 g/mol. The van der Waals surface area contributed by atoms with Crippen molar-refractivity contribution in [1.82, 2.24) is 0 Å².